The minimum absolute atomic E-state index is 0.318. The average molecular weight is 426 g/mol. The molecule has 0 aliphatic carbocycles. The minimum Gasteiger partial charge on any atom is -0.497 e. The second-order valence-corrected chi connectivity index (χ2v) is 7.46. The zero-order valence-corrected chi connectivity index (χ0v) is 16.6. The van der Waals surface area contributed by atoms with E-state index in [9.17, 15) is 22.4 Å². The number of hydrogen-bond acceptors (Lipinski definition) is 7. The molecule has 0 spiro atoms. The number of rotatable bonds is 8. The number of ether oxygens (including phenoxy) is 3. The van der Waals surface area contributed by atoms with Crippen LogP contribution in [0.25, 0.3) is 0 Å². The maximum Gasteiger partial charge on any atom is 0.341 e. The van der Waals surface area contributed by atoms with Crippen LogP contribution in [0.2, 0.25) is 0 Å². The molecule has 2 aromatic rings. The first-order valence-electron chi connectivity index (χ1n) is 8.13. The molecule has 0 aliphatic rings. The average Bonchev–Trinajstić information content (AvgIpc) is 2.71. The molecule has 0 saturated carbocycles. The summed E-state index contributed by atoms with van der Waals surface area (Å²) >= 11 is 0. The molecule has 0 radical (unpaired) electrons. The van der Waals surface area contributed by atoms with Crippen LogP contribution in [0.4, 0.5) is 10.1 Å². The van der Waals surface area contributed by atoms with Crippen LogP contribution in [0, 0.1) is 5.82 Å². The minimum atomic E-state index is -3.88. The molecule has 0 aliphatic heterocycles. The van der Waals surface area contributed by atoms with Crippen molar-refractivity contribution >= 4 is 27.6 Å². The van der Waals surface area contributed by atoms with E-state index in [-0.39, 0.29) is 4.90 Å². The van der Waals surface area contributed by atoms with E-state index in [0.717, 1.165) is 18.2 Å². The summed E-state index contributed by atoms with van der Waals surface area (Å²) in [5.74, 6) is -2.01. The molecular formula is C18H19FN2O7S. The fourth-order valence-electron chi connectivity index (χ4n) is 2.23. The number of hydrogen-bond donors (Lipinski definition) is 2. The molecule has 1 amide bonds. The molecule has 0 bridgehead atoms. The largest absolute Gasteiger partial charge is 0.497 e. The molecule has 0 unspecified atom stereocenters. The Morgan fingerprint density at radius 2 is 1.66 bits per heavy atom. The number of amides is 1. The smallest absolute Gasteiger partial charge is 0.341 e. The SMILES string of the molecule is CNS(=O)(=O)c1ccc(F)c(C(=O)OCC(=O)Nc2cc(OC)cc(OC)c2)c1. The summed E-state index contributed by atoms with van der Waals surface area (Å²) in [5, 5.41) is 2.48. The van der Waals surface area contributed by atoms with E-state index in [1.807, 2.05) is 0 Å². The Balaban J connectivity index is 2.08. The fourth-order valence-corrected chi connectivity index (χ4v) is 2.99. The molecule has 0 saturated heterocycles. The molecular weight excluding hydrogens is 407 g/mol. The summed E-state index contributed by atoms with van der Waals surface area (Å²) in [6.45, 7) is -0.721. The lowest BCUT2D eigenvalue weighted by atomic mass is 10.2. The lowest BCUT2D eigenvalue weighted by Gasteiger charge is -2.11. The van der Waals surface area contributed by atoms with Crippen LogP contribution in [-0.2, 0) is 19.6 Å². The van der Waals surface area contributed by atoms with Gasteiger partial charge in [0.15, 0.2) is 6.61 Å². The molecule has 29 heavy (non-hydrogen) atoms. The highest BCUT2D eigenvalue weighted by molar-refractivity contribution is 7.89. The molecule has 156 valence electrons. The van der Waals surface area contributed by atoms with Crippen molar-refractivity contribution in [1.82, 2.24) is 4.72 Å². The van der Waals surface area contributed by atoms with E-state index >= 15 is 0 Å². The summed E-state index contributed by atoms with van der Waals surface area (Å²) in [4.78, 5) is 23.8. The Kier molecular flexibility index (Phi) is 7.13. The maximum atomic E-state index is 13.9. The third kappa shape index (κ3) is 5.65. The third-order valence-electron chi connectivity index (χ3n) is 3.71. The van der Waals surface area contributed by atoms with Crippen LogP contribution in [0.5, 0.6) is 11.5 Å². The zero-order chi connectivity index (χ0) is 21.6. The molecule has 11 heteroatoms. The summed E-state index contributed by atoms with van der Waals surface area (Å²) in [6.07, 6.45) is 0. The van der Waals surface area contributed by atoms with E-state index in [0.29, 0.717) is 17.2 Å². The van der Waals surface area contributed by atoms with Gasteiger partial charge in [-0.15, -0.1) is 0 Å². The number of carbonyl (C=O) groups excluding carboxylic acids is 2. The van der Waals surface area contributed by atoms with Gasteiger partial charge in [-0.2, -0.15) is 0 Å². The maximum absolute atomic E-state index is 13.9. The van der Waals surface area contributed by atoms with Crippen molar-refractivity contribution in [3.63, 3.8) is 0 Å². The van der Waals surface area contributed by atoms with Crippen LogP contribution in [0.1, 0.15) is 10.4 Å². The Hall–Kier alpha value is -3.18. The Labute approximate surface area is 166 Å². The Morgan fingerprint density at radius 1 is 1.03 bits per heavy atom. The second kappa shape index (κ2) is 9.34. The Bertz CT molecular complexity index is 1000. The molecule has 0 heterocycles. The van der Waals surface area contributed by atoms with Gasteiger partial charge in [0.05, 0.1) is 24.7 Å². The van der Waals surface area contributed by atoms with Gasteiger partial charge in [-0.25, -0.2) is 22.3 Å². The lowest BCUT2D eigenvalue weighted by molar-refractivity contribution is -0.119. The zero-order valence-electron chi connectivity index (χ0n) is 15.8. The quantitative estimate of drug-likeness (QED) is 0.615. The number of nitrogens with one attached hydrogen (secondary N) is 2. The van der Waals surface area contributed by atoms with E-state index < -0.39 is 39.9 Å². The number of benzene rings is 2. The molecule has 2 N–H and O–H groups in total. The first kappa shape index (κ1) is 22.1. The second-order valence-electron chi connectivity index (χ2n) is 5.57. The van der Waals surface area contributed by atoms with Gasteiger partial charge in [-0.1, -0.05) is 0 Å². The van der Waals surface area contributed by atoms with Crippen molar-refractivity contribution in [3.8, 4) is 11.5 Å². The number of sulfonamides is 1. The summed E-state index contributed by atoms with van der Waals surface area (Å²) < 4.78 is 54.5. The first-order chi connectivity index (χ1) is 13.7. The molecule has 0 aromatic heterocycles. The predicted octanol–water partition coefficient (Wildman–Crippen LogP) is 1.55. The number of anilines is 1. The highest BCUT2D eigenvalue weighted by Crippen LogP contribution is 2.25. The van der Waals surface area contributed by atoms with E-state index in [1.54, 1.807) is 6.07 Å². The van der Waals surface area contributed by atoms with Crippen molar-refractivity contribution in [1.29, 1.82) is 0 Å². The van der Waals surface area contributed by atoms with Gasteiger partial charge in [0.25, 0.3) is 5.91 Å². The van der Waals surface area contributed by atoms with Crippen molar-refractivity contribution < 1.29 is 36.6 Å². The van der Waals surface area contributed by atoms with Crippen LogP contribution in [0.15, 0.2) is 41.3 Å². The van der Waals surface area contributed by atoms with Crippen LogP contribution >= 0.6 is 0 Å². The van der Waals surface area contributed by atoms with Gasteiger partial charge >= 0.3 is 5.97 Å². The number of halogens is 1. The van der Waals surface area contributed by atoms with Crippen LogP contribution in [0.3, 0.4) is 0 Å². The lowest BCUT2D eigenvalue weighted by Crippen LogP contribution is -2.22. The first-order valence-corrected chi connectivity index (χ1v) is 9.61. The summed E-state index contributed by atoms with van der Waals surface area (Å²) in [7, 11) is 0.179. The van der Waals surface area contributed by atoms with Gasteiger partial charge in [-0.3, -0.25) is 4.79 Å². The third-order valence-corrected chi connectivity index (χ3v) is 5.12. The molecule has 2 aromatic carbocycles. The molecule has 2 rings (SSSR count). The number of carbonyl (C=O) groups is 2. The van der Waals surface area contributed by atoms with Gasteiger partial charge in [0.2, 0.25) is 10.0 Å². The summed E-state index contributed by atoms with van der Waals surface area (Å²) in [5.41, 5.74) is -0.285. The van der Waals surface area contributed by atoms with Crippen LogP contribution < -0.4 is 19.5 Å². The van der Waals surface area contributed by atoms with Gasteiger partial charge in [0, 0.05) is 23.9 Å². The predicted molar refractivity (Wildman–Crippen MR) is 101 cm³/mol. The monoisotopic (exact) mass is 426 g/mol. The van der Waals surface area contributed by atoms with Gasteiger partial charge in [0.1, 0.15) is 17.3 Å². The van der Waals surface area contributed by atoms with Crippen molar-refractivity contribution in [3.05, 3.63) is 47.8 Å². The molecule has 0 fully saturated rings. The highest BCUT2D eigenvalue weighted by Gasteiger charge is 2.20. The molecule has 0 atom stereocenters. The van der Waals surface area contributed by atoms with Crippen molar-refractivity contribution in [2.45, 2.75) is 4.90 Å². The molecule has 9 nitrogen and oxygen atoms in total. The summed E-state index contributed by atoms with van der Waals surface area (Å²) in [6, 6.07) is 7.30. The van der Waals surface area contributed by atoms with Crippen molar-refractivity contribution in [2.75, 3.05) is 33.2 Å². The van der Waals surface area contributed by atoms with Crippen LogP contribution in [-0.4, -0.2) is 48.2 Å². The van der Waals surface area contributed by atoms with Gasteiger partial charge in [-0.05, 0) is 25.2 Å². The fraction of sp³-hybridized carbons (Fsp3) is 0.222. The normalized spacial score (nSPS) is 10.9. The van der Waals surface area contributed by atoms with E-state index in [4.69, 9.17) is 14.2 Å². The topological polar surface area (TPSA) is 120 Å². The van der Waals surface area contributed by atoms with E-state index in [1.165, 1.54) is 33.4 Å². The number of methoxy groups -OCH3 is 2. The van der Waals surface area contributed by atoms with Gasteiger partial charge < -0.3 is 19.5 Å². The standard InChI is InChI=1S/C18H19FN2O7S/c1-20-29(24,25)14-4-5-16(19)15(9-14)18(23)28-10-17(22)21-11-6-12(26-2)8-13(7-11)27-3/h4-9,20H,10H2,1-3H3,(H,21,22). The Morgan fingerprint density at radius 3 is 2.21 bits per heavy atom. The van der Waals surface area contributed by atoms with Crippen molar-refractivity contribution in [2.24, 2.45) is 0 Å². The van der Waals surface area contributed by atoms with E-state index in [2.05, 4.69) is 10.0 Å². The number of esters is 1. The highest BCUT2D eigenvalue weighted by atomic mass is 32.2.